The van der Waals surface area contributed by atoms with Crippen molar-refractivity contribution in [2.75, 3.05) is 12.8 Å². The van der Waals surface area contributed by atoms with Crippen molar-refractivity contribution in [3.05, 3.63) is 52.3 Å². The molecule has 1 saturated heterocycles. The van der Waals surface area contributed by atoms with Gasteiger partial charge in [-0.15, -0.1) is 0 Å². The fourth-order valence-corrected chi connectivity index (χ4v) is 6.55. The van der Waals surface area contributed by atoms with Gasteiger partial charge in [0, 0.05) is 48.6 Å². The summed E-state index contributed by atoms with van der Waals surface area (Å²) in [5.74, 6) is 0.515. The molecule has 1 aliphatic carbocycles. The van der Waals surface area contributed by atoms with Crippen LogP contribution in [0.1, 0.15) is 61.4 Å². The number of aryl methyl sites for hydroxylation is 2. The van der Waals surface area contributed by atoms with Crippen LogP contribution in [0.5, 0.6) is 0 Å². The molecule has 1 aliphatic heterocycles. The van der Waals surface area contributed by atoms with Crippen molar-refractivity contribution in [1.82, 2.24) is 14.7 Å². The van der Waals surface area contributed by atoms with Crippen molar-refractivity contribution in [1.29, 1.82) is 0 Å². The van der Waals surface area contributed by atoms with Crippen LogP contribution in [-0.4, -0.2) is 53.2 Å². The van der Waals surface area contributed by atoms with Crippen LogP contribution in [0.4, 0.5) is 0 Å². The van der Waals surface area contributed by atoms with Crippen LogP contribution in [0.15, 0.2) is 30.3 Å². The van der Waals surface area contributed by atoms with Gasteiger partial charge in [0.15, 0.2) is 9.84 Å². The van der Waals surface area contributed by atoms with Crippen LogP contribution in [-0.2, 0) is 23.3 Å². The standard InChI is InChI=1S/C24H34ClN3O2S/c1-17-14-24(26-27(17)2)19-6-10-21(11-7-19)28-16-23(31(3,29)30)13-12-22(28)15-18-4-8-20(25)9-5-18/h4-5,8-9,14,19,21-23H,6-7,10-13,15-16H2,1-3H3. The van der Waals surface area contributed by atoms with Gasteiger partial charge in [-0.05, 0) is 75.6 Å². The molecule has 2 aliphatic rings. The first-order chi connectivity index (χ1) is 14.7. The average molecular weight is 464 g/mol. The van der Waals surface area contributed by atoms with E-state index < -0.39 is 9.84 Å². The van der Waals surface area contributed by atoms with Gasteiger partial charge in [0.1, 0.15) is 0 Å². The molecule has 5 nitrogen and oxygen atoms in total. The minimum atomic E-state index is -3.03. The normalized spacial score (nSPS) is 28.0. The van der Waals surface area contributed by atoms with Crippen LogP contribution >= 0.6 is 11.6 Å². The molecule has 0 radical (unpaired) electrons. The maximum absolute atomic E-state index is 12.3. The summed E-state index contributed by atoms with van der Waals surface area (Å²) in [5, 5.41) is 5.22. The number of nitrogens with zero attached hydrogens (tertiary/aromatic N) is 3. The summed E-state index contributed by atoms with van der Waals surface area (Å²) in [4.78, 5) is 2.53. The first kappa shape index (κ1) is 22.8. The summed E-state index contributed by atoms with van der Waals surface area (Å²) in [6.45, 7) is 2.76. The van der Waals surface area contributed by atoms with Crippen molar-refractivity contribution >= 4 is 21.4 Å². The first-order valence-electron chi connectivity index (χ1n) is 11.4. The van der Waals surface area contributed by atoms with Crippen molar-refractivity contribution < 1.29 is 8.42 Å². The Bertz CT molecular complexity index is 975. The Balaban J connectivity index is 1.47. The zero-order valence-corrected chi connectivity index (χ0v) is 20.4. The highest BCUT2D eigenvalue weighted by molar-refractivity contribution is 7.91. The Labute approximate surface area is 191 Å². The molecular weight excluding hydrogens is 430 g/mol. The maximum atomic E-state index is 12.3. The quantitative estimate of drug-likeness (QED) is 0.653. The lowest BCUT2D eigenvalue weighted by Gasteiger charge is -2.46. The lowest BCUT2D eigenvalue weighted by atomic mass is 9.81. The Hall–Kier alpha value is -1.37. The minimum Gasteiger partial charge on any atom is -0.296 e. The number of likely N-dealkylation sites (tertiary alicyclic amines) is 1. The van der Waals surface area contributed by atoms with Crippen LogP contribution in [0.3, 0.4) is 0 Å². The maximum Gasteiger partial charge on any atom is 0.151 e. The van der Waals surface area contributed by atoms with E-state index in [0.29, 0.717) is 24.5 Å². The monoisotopic (exact) mass is 463 g/mol. The summed E-state index contributed by atoms with van der Waals surface area (Å²) in [5.41, 5.74) is 3.69. The number of halogens is 1. The zero-order valence-electron chi connectivity index (χ0n) is 18.8. The fraction of sp³-hybridized carbons (Fsp3) is 0.625. The highest BCUT2D eigenvalue weighted by Crippen LogP contribution is 2.37. The second-order valence-corrected chi connectivity index (χ2v) is 12.3. The minimum absolute atomic E-state index is 0.245. The molecule has 0 bridgehead atoms. The number of hydrogen-bond donors (Lipinski definition) is 0. The van der Waals surface area contributed by atoms with Crippen molar-refractivity contribution in [3.63, 3.8) is 0 Å². The summed E-state index contributed by atoms with van der Waals surface area (Å²) in [7, 11) is -1.02. The van der Waals surface area contributed by atoms with Gasteiger partial charge in [-0.25, -0.2) is 8.42 Å². The molecule has 31 heavy (non-hydrogen) atoms. The molecule has 2 aromatic rings. The highest BCUT2D eigenvalue weighted by Gasteiger charge is 2.38. The molecule has 2 fully saturated rings. The molecule has 1 aromatic carbocycles. The molecule has 1 aromatic heterocycles. The zero-order chi connectivity index (χ0) is 22.2. The van der Waals surface area contributed by atoms with E-state index in [9.17, 15) is 8.42 Å². The molecule has 4 rings (SSSR count). The molecule has 0 N–H and O–H groups in total. The number of benzene rings is 1. The van der Waals surface area contributed by atoms with Gasteiger partial charge in [-0.3, -0.25) is 9.58 Å². The molecule has 170 valence electrons. The second-order valence-electron chi connectivity index (χ2n) is 9.55. The summed E-state index contributed by atoms with van der Waals surface area (Å²) in [6.07, 6.45) is 8.49. The van der Waals surface area contributed by atoms with E-state index in [-0.39, 0.29) is 5.25 Å². The van der Waals surface area contributed by atoms with Gasteiger partial charge in [-0.2, -0.15) is 5.10 Å². The van der Waals surface area contributed by atoms with E-state index in [1.54, 1.807) is 0 Å². The van der Waals surface area contributed by atoms with Gasteiger partial charge in [0.2, 0.25) is 0 Å². The Morgan fingerprint density at radius 1 is 1.06 bits per heavy atom. The van der Waals surface area contributed by atoms with Crippen LogP contribution in [0.2, 0.25) is 5.02 Å². The lowest BCUT2D eigenvalue weighted by Crippen LogP contribution is -2.53. The Kier molecular flexibility index (Phi) is 6.80. The number of rotatable bonds is 5. The molecule has 1 saturated carbocycles. The van der Waals surface area contributed by atoms with Crippen molar-refractivity contribution in [3.8, 4) is 0 Å². The van der Waals surface area contributed by atoms with E-state index in [1.165, 1.54) is 23.2 Å². The lowest BCUT2D eigenvalue weighted by molar-refractivity contribution is 0.0703. The van der Waals surface area contributed by atoms with Gasteiger partial charge >= 0.3 is 0 Å². The van der Waals surface area contributed by atoms with Gasteiger partial charge in [-0.1, -0.05) is 23.7 Å². The first-order valence-corrected chi connectivity index (χ1v) is 13.7. The van der Waals surface area contributed by atoms with Crippen LogP contribution < -0.4 is 0 Å². The molecule has 2 heterocycles. The SMILES string of the molecule is Cc1cc(C2CCC(N3CC(S(C)(=O)=O)CCC3Cc3ccc(Cl)cc3)CC2)nn1C. The average Bonchev–Trinajstić information content (AvgIpc) is 3.08. The summed E-state index contributed by atoms with van der Waals surface area (Å²) in [6, 6.07) is 11.1. The smallest absolute Gasteiger partial charge is 0.151 e. The number of hydrogen-bond acceptors (Lipinski definition) is 4. The molecule has 0 amide bonds. The third-order valence-electron chi connectivity index (χ3n) is 7.41. The van der Waals surface area contributed by atoms with E-state index in [4.69, 9.17) is 16.7 Å². The Morgan fingerprint density at radius 3 is 2.32 bits per heavy atom. The van der Waals surface area contributed by atoms with Crippen LogP contribution in [0, 0.1) is 6.92 Å². The van der Waals surface area contributed by atoms with E-state index in [2.05, 4.69) is 30.0 Å². The van der Waals surface area contributed by atoms with Gasteiger partial charge < -0.3 is 0 Å². The summed E-state index contributed by atoms with van der Waals surface area (Å²) < 4.78 is 26.6. The summed E-state index contributed by atoms with van der Waals surface area (Å²) >= 11 is 6.07. The number of aromatic nitrogens is 2. The number of sulfone groups is 1. The second kappa shape index (κ2) is 9.24. The van der Waals surface area contributed by atoms with Crippen molar-refractivity contribution in [2.24, 2.45) is 7.05 Å². The Morgan fingerprint density at radius 2 is 1.74 bits per heavy atom. The van der Waals surface area contributed by atoms with Gasteiger partial charge in [0.25, 0.3) is 0 Å². The number of piperidine rings is 1. The molecule has 0 spiro atoms. The molecule has 7 heteroatoms. The van der Waals surface area contributed by atoms with E-state index in [1.807, 2.05) is 23.9 Å². The third-order valence-corrected chi connectivity index (χ3v) is 9.26. The predicted molar refractivity (Wildman–Crippen MR) is 126 cm³/mol. The highest BCUT2D eigenvalue weighted by atomic mass is 35.5. The molecule has 2 unspecified atom stereocenters. The third kappa shape index (κ3) is 5.35. The predicted octanol–water partition coefficient (Wildman–Crippen LogP) is 4.53. The van der Waals surface area contributed by atoms with E-state index in [0.717, 1.165) is 50.0 Å². The van der Waals surface area contributed by atoms with Gasteiger partial charge in [0.05, 0.1) is 10.9 Å². The topological polar surface area (TPSA) is 55.2 Å². The largest absolute Gasteiger partial charge is 0.296 e. The van der Waals surface area contributed by atoms with E-state index >= 15 is 0 Å². The fourth-order valence-electron chi connectivity index (χ4n) is 5.42. The van der Waals surface area contributed by atoms with Crippen molar-refractivity contribution in [2.45, 2.75) is 75.1 Å². The van der Waals surface area contributed by atoms with Crippen LogP contribution in [0.25, 0.3) is 0 Å². The molecule has 2 atom stereocenters. The molecular formula is C24H34ClN3O2S.